The van der Waals surface area contributed by atoms with E-state index in [1.807, 2.05) is 32.0 Å². The fourth-order valence-electron chi connectivity index (χ4n) is 6.36. The number of ketones is 2. The van der Waals surface area contributed by atoms with Crippen LogP contribution in [0.15, 0.2) is 48.8 Å². The molecule has 8 nitrogen and oxygen atoms in total. The predicted octanol–water partition coefficient (Wildman–Crippen LogP) is 5.03. The molecule has 2 aliphatic rings. The first-order valence-electron chi connectivity index (χ1n) is 13.9. The molecule has 2 aromatic heterocycles. The first kappa shape index (κ1) is 26.9. The van der Waals surface area contributed by atoms with Gasteiger partial charge in [0.15, 0.2) is 11.6 Å². The first-order chi connectivity index (χ1) is 19.5. The number of hydrogen-bond donors (Lipinski definition) is 0. The van der Waals surface area contributed by atoms with E-state index in [0.717, 1.165) is 28.7 Å². The molecule has 3 atom stereocenters. The molecular formula is C32H32FN5O3. The molecule has 1 aliphatic heterocycles. The smallest absolute Gasteiger partial charge is 0.245 e. The molecule has 0 unspecified atom stereocenters. The van der Waals surface area contributed by atoms with Crippen molar-refractivity contribution in [3.05, 3.63) is 77.3 Å². The van der Waals surface area contributed by atoms with E-state index in [4.69, 9.17) is 0 Å². The lowest BCUT2D eigenvalue weighted by Crippen LogP contribution is -2.44. The van der Waals surface area contributed by atoms with E-state index in [2.05, 4.69) is 22.0 Å². The number of amides is 1. The van der Waals surface area contributed by atoms with Gasteiger partial charge in [-0.2, -0.15) is 5.10 Å². The maximum Gasteiger partial charge on any atom is 0.245 e. The van der Waals surface area contributed by atoms with Crippen molar-refractivity contribution >= 4 is 28.4 Å². The number of aryl methyl sites for hydroxylation is 3. The van der Waals surface area contributed by atoms with Gasteiger partial charge in [0.1, 0.15) is 23.9 Å². The number of carbonyl (C=O) groups is 3. The molecule has 41 heavy (non-hydrogen) atoms. The molecule has 3 heterocycles. The van der Waals surface area contributed by atoms with Crippen LogP contribution in [0.4, 0.5) is 4.39 Å². The summed E-state index contributed by atoms with van der Waals surface area (Å²) in [7, 11) is 0. The molecule has 1 amide bonds. The van der Waals surface area contributed by atoms with Crippen LogP contribution < -0.4 is 0 Å². The summed E-state index contributed by atoms with van der Waals surface area (Å²) in [6.07, 6.45) is 5.66. The van der Waals surface area contributed by atoms with Crippen LogP contribution >= 0.6 is 0 Å². The number of hydrogen-bond acceptors (Lipinski definition) is 6. The Morgan fingerprint density at radius 2 is 1.80 bits per heavy atom. The zero-order chi connectivity index (χ0) is 29.1. The average Bonchev–Trinajstić information content (AvgIpc) is 3.28. The highest BCUT2D eigenvalue weighted by molar-refractivity contribution is 6.07. The van der Waals surface area contributed by atoms with Crippen molar-refractivity contribution in [2.75, 3.05) is 0 Å². The molecule has 4 aromatic rings. The van der Waals surface area contributed by atoms with Crippen LogP contribution in [-0.4, -0.2) is 54.2 Å². The molecule has 2 aromatic carbocycles. The highest BCUT2D eigenvalue weighted by Crippen LogP contribution is 2.59. The number of fused-ring (bicyclic) bond motifs is 2. The van der Waals surface area contributed by atoms with Crippen molar-refractivity contribution in [2.45, 2.75) is 72.0 Å². The summed E-state index contributed by atoms with van der Waals surface area (Å²) in [5.74, 6) is -0.0458. The fraction of sp³-hybridized carbons (Fsp3) is 0.375. The molecule has 1 saturated carbocycles. The lowest BCUT2D eigenvalue weighted by atomic mass is 9.96. The van der Waals surface area contributed by atoms with Gasteiger partial charge in [-0.15, -0.1) is 0 Å². The molecule has 210 valence electrons. The van der Waals surface area contributed by atoms with Gasteiger partial charge in [-0.25, -0.2) is 14.4 Å². The molecular weight excluding hydrogens is 521 g/mol. The van der Waals surface area contributed by atoms with E-state index in [0.29, 0.717) is 35.3 Å². The van der Waals surface area contributed by atoms with Crippen molar-refractivity contribution < 1.29 is 18.8 Å². The van der Waals surface area contributed by atoms with E-state index in [9.17, 15) is 18.8 Å². The van der Waals surface area contributed by atoms with Crippen LogP contribution in [0.2, 0.25) is 0 Å². The van der Waals surface area contributed by atoms with Crippen LogP contribution in [0, 0.1) is 25.1 Å². The predicted molar refractivity (Wildman–Crippen MR) is 152 cm³/mol. The summed E-state index contributed by atoms with van der Waals surface area (Å²) in [6.45, 7) is 7.27. The van der Waals surface area contributed by atoms with Gasteiger partial charge < -0.3 is 4.90 Å². The molecule has 6 rings (SSSR count). The van der Waals surface area contributed by atoms with Gasteiger partial charge in [0.25, 0.3) is 0 Å². The van der Waals surface area contributed by atoms with Crippen molar-refractivity contribution in [1.82, 2.24) is 24.6 Å². The van der Waals surface area contributed by atoms with Crippen molar-refractivity contribution in [3.63, 3.8) is 0 Å². The topological polar surface area (TPSA) is 98.1 Å². The number of benzene rings is 2. The van der Waals surface area contributed by atoms with Crippen LogP contribution in [0.1, 0.15) is 60.5 Å². The minimum absolute atomic E-state index is 0.00748. The Kier molecular flexibility index (Phi) is 6.55. The van der Waals surface area contributed by atoms with E-state index in [-0.39, 0.29) is 47.7 Å². The van der Waals surface area contributed by atoms with E-state index >= 15 is 0 Å². The second-order valence-corrected chi connectivity index (χ2v) is 11.8. The first-order valence-corrected chi connectivity index (χ1v) is 13.9. The summed E-state index contributed by atoms with van der Waals surface area (Å²) in [6, 6.07) is 9.65. The van der Waals surface area contributed by atoms with E-state index in [1.165, 1.54) is 19.1 Å². The van der Waals surface area contributed by atoms with Gasteiger partial charge in [0.2, 0.25) is 5.91 Å². The zero-order valence-corrected chi connectivity index (χ0v) is 23.6. The van der Waals surface area contributed by atoms with Crippen LogP contribution in [0.25, 0.3) is 22.0 Å². The maximum atomic E-state index is 13.8. The van der Waals surface area contributed by atoms with E-state index < -0.39 is 6.04 Å². The van der Waals surface area contributed by atoms with Gasteiger partial charge in [-0.3, -0.25) is 19.1 Å². The van der Waals surface area contributed by atoms with Crippen LogP contribution in [0.3, 0.4) is 0 Å². The number of rotatable bonds is 8. The number of aromatic nitrogens is 4. The molecule has 0 spiro atoms. The number of carbonyl (C=O) groups excluding carboxylic acids is 3. The number of piperidine rings is 1. The second-order valence-electron chi connectivity index (χ2n) is 11.8. The van der Waals surface area contributed by atoms with Crippen LogP contribution in [-0.2, 0) is 22.6 Å². The normalized spacial score (nSPS) is 21.2. The third kappa shape index (κ3) is 4.94. The second kappa shape index (κ2) is 9.98. The maximum absolute atomic E-state index is 13.8. The minimum atomic E-state index is -0.511. The molecule has 0 bridgehead atoms. The van der Waals surface area contributed by atoms with Crippen molar-refractivity contribution in [2.24, 2.45) is 5.41 Å². The van der Waals surface area contributed by atoms with Gasteiger partial charge >= 0.3 is 0 Å². The fourth-order valence-corrected chi connectivity index (χ4v) is 6.36. The van der Waals surface area contributed by atoms with Crippen LogP contribution in [0.5, 0.6) is 0 Å². The molecule has 2 fully saturated rings. The molecule has 0 radical (unpaired) electrons. The van der Waals surface area contributed by atoms with Gasteiger partial charge in [-0.1, -0.05) is 19.1 Å². The number of likely N-dealkylation sites (tertiary alicyclic amines) is 1. The molecule has 1 saturated heterocycles. The lowest BCUT2D eigenvalue weighted by molar-refractivity contribution is -0.139. The van der Waals surface area contributed by atoms with E-state index in [1.54, 1.807) is 28.0 Å². The summed E-state index contributed by atoms with van der Waals surface area (Å²) in [4.78, 5) is 50.2. The third-order valence-electron chi connectivity index (χ3n) is 8.61. The van der Waals surface area contributed by atoms with Crippen molar-refractivity contribution in [3.8, 4) is 11.1 Å². The van der Waals surface area contributed by atoms with Gasteiger partial charge in [-0.05, 0) is 79.5 Å². The molecule has 1 aliphatic carbocycles. The number of Topliss-reactive ketones (excluding diaryl/α,β-unsaturated/α-hetero) is 2. The Hall–Kier alpha value is -4.27. The number of nitrogens with zero attached hydrogens (tertiary/aromatic N) is 5. The van der Waals surface area contributed by atoms with Crippen molar-refractivity contribution in [1.29, 1.82) is 0 Å². The quantitative estimate of drug-likeness (QED) is 0.284. The highest BCUT2D eigenvalue weighted by atomic mass is 19.1. The zero-order valence-electron chi connectivity index (χ0n) is 23.6. The van der Waals surface area contributed by atoms with Gasteiger partial charge in [0, 0.05) is 42.7 Å². The molecule has 0 N–H and O–H groups in total. The summed E-state index contributed by atoms with van der Waals surface area (Å²) < 4.78 is 15.2. The largest absolute Gasteiger partial charge is 0.327 e. The summed E-state index contributed by atoms with van der Waals surface area (Å²) in [5, 5.41) is 5.26. The Balaban J connectivity index is 1.28. The molecule has 9 heteroatoms. The SMILES string of the molecule is CC(=O)c1nn(CC(=O)N2[C@H](C(=O)CCc3cccc(F)c3)C[C@@]3(C)C[C@@H]23)c2c(C)cc(-c3cnc(C)nc3)cc12. The minimum Gasteiger partial charge on any atom is -0.327 e. The van der Waals surface area contributed by atoms with Gasteiger partial charge in [0.05, 0.1) is 11.6 Å². The monoisotopic (exact) mass is 553 g/mol. The Bertz CT molecular complexity index is 1710. The standard InChI is InChI=1S/C32H32FN5O3/c1-18-10-22(23-15-34-20(3)35-16-23)12-25-30(19(2)39)36-37(31(18)25)17-29(41)38-26(13-32(4)14-28(32)38)27(40)9-8-21-6-5-7-24(33)11-21/h5-7,10-12,15-16,26,28H,8-9,13-14,17H2,1-4H3/t26-,28+,32-/m0/s1. The summed E-state index contributed by atoms with van der Waals surface area (Å²) in [5.41, 5.74) is 4.26. The Morgan fingerprint density at radius 1 is 1.05 bits per heavy atom. The number of halogens is 1. The average molecular weight is 554 g/mol. The Labute approximate surface area is 237 Å². The highest BCUT2D eigenvalue weighted by Gasteiger charge is 2.64. The third-order valence-corrected chi connectivity index (χ3v) is 8.61. The summed E-state index contributed by atoms with van der Waals surface area (Å²) >= 11 is 0. The Morgan fingerprint density at radius 3 is 2.51 bits per heavy atom. The lowest BCUT2D eigenvalue weighted by Gasteiger charge is -2.27.